The average Bonchev–Trinajstić information content (AvgIpc) is 2.34. The van der Waals surface area contributed by atoms with Crippen molar-refractivity contribution in [2.45, 2.75) is 24.5 Å². The largest absolute Gasteiger partial charge is 0.147 e. The summed E-state index contributed by atoms with van der Waals surface area (Å²) in [5.74, 6) is 1.05. The molecular weight excluding hydrogens is 172 g/mol. The normalized spacial score (nSPS) is 30.2. The monoisotopic (exact) mass is 186 g/mol. The van der Waals surface area contributed by atoms with E-state index < -0.39 is 0 Å². The molecule has 1 rings (SSSR count). The molecule has 0 aliphatic carbocycles. The van der Waals surface area contributed by atoms with E-state index in [0.717, 1.165) is 5.75 Å². The van der Waals surface area contributed by atoms with Crippen molar-refractivity contribution in [2.75, 3.05) is 5.75 Å². The molecule has 62 valence electrons. The van der Waals surface area contributed by atoms with Crippen molar-refractivity contribution < 1.29 is 0 Å². The van der Waals surface area contributed by atoms with Crippen LogP contribution in [0, 0.1) is 0 Å². The Morgan fingerprint density at radius 1 is 1.91 bits per heavy atom. The van der Waals surface area contributed by atoms with Crippen LogP contribution in [0.1, 0.15) is 19.8 Å². The van der Waals surface area contributed by atoms with E-state index in [9.17, 15) is 0 Å². The van der Waals surface area contributed by atoms with Crippen LogP contribution in [0.4, 0.5) is 0 Å². The van der Waals surface area contributed by atoms with Crippen molar-refractivity contribution in [1.29, 1.82) is 0 Å². The summed E-state index contributed by atoms with van der Waals surface area (Å²) in [4.78, 5) is 1.20. The van der Waals surface area contributed by atoms with Crippen LogP contribution in [-0.4, -0.2) is 10.5 Å². The Labute approximate surface area is 78.6 Å². The van der Waals surface area contributed by atoms with E-state index in [4.69, 9.17) is 0 Å². The lowest BCUT2D eigenvalue weighted by atomic mass is 10.0. The molecule has 0 radical (unpaired) electrons. The molecule has 0 aromatic heterocycles. The van der Waals surface area contributed by atoms with Gasteiger partial charge in [0.25, 0.3) is 0 Å². The van der Waals surface area contributed by atoms with Crippen LogP contribution in [0.25, 0.3) is 0 Å². The second-order valence-corrected chi connectivity index (χ2v) is 4.75. The van der Waals surface area contributed by atoms with Gasteiger partial charge in [0, 0.05) is 5.75 Å². The third-order valence-electron chi connectivity index (χ3n) is 1.89. The molecule has 1 unspecified atom stereocenters. The summed E-state index contributed by atoms with van der Waals surface area (Å²) in [7, 11) is 0. The molecule has 11 heavy (non-hydrogen) atoms. The molecule has 0 N–H and O–H groups in total. The Bertz CT molecular complexity index is 184. The maximum absolute atomic E-state index is 4.35. The Balaban J connectivity index is 2.69. The van der Waals surface area contributed by atoms with Gasteiger partial charge in [-0.15, -0.1) is 31.0 Å². The summed E-state index contributed by atoms with van der Waals surface area (Å²) < 4.78 is 0.200. The fourth-order valence-corrected chi connectivity index (χ4v) is 3.03. The molecule has 0 spiro atoms. The third kappa shape index (κ3) is 2.06. The highest BCUT2D eigenvalue weighted by Crippen LogP contribution is 2.41. The quantitative estimate of drug-likeness (QED) is 0.521. The first-order valence-electron chi connectivity index (χ1n) is 3.90. The fourth-order valence-electron chi connectivity index (χ4n) is 1.33. The van der Waals surface area contributed by atoms with Gasteiger partial charge in [-0.3, -0.25) is 0 Å². The smallest absolute Gasteiger partial charge is 0.0530 e. The second-order valence-electron chi connectivity index (χ2n) is 2.83. The van der Waals surface area contributed by atoms with E-state index in [1.54, 1.807) is 0 Å². The molecular formula is C9H14S2. The van der Waals surface area contributed by atoms with Gasteiger partial charge in [-0.05, 0) is 11.3 Å². The number of thioether (sulfide) groups is 1. The summed E-state index contributed by atoms with van der Waals surface area (Å²) in [6.45, 7) is 6.07. The van der Waals surface area contributed by atoms with Crippen LogP contribution in [0.15, 0.2) is 23.6 Å². The van der Waals surface area contributed by atoms with Crippen LogP contribution in [-0.2, 0) is 0 Å². The zero-order valence-electron chi connectivity index (χ0n) is 6.84. The van der Waals surface area contributed by atoms with Crippen LogP contribution >= 0.6 is 24.4 Å². The Hall–Kier alpha value is 0.180. The van der Waals surface area contributed by atoms with Gasteiger partial charge >= 0.3 is 0 Å². The van der Waals surface area contributed by atoms with Gasteiger partial charge in [0.05, 0.1) is 4.75 Å². The topological polar surface area (TPSA) is 0 Å². The highest BCUT2D eigenvalue weighted by molar-refractivity contribution is 8.02. The van der Waals surface area contributed by atoms with Gasteiger partial charge in [-0.2, -0.15) is 0 Å². The first-order valence-corrected chi connectivity index (χ1v) is 5.34. The van der Waals surface area contributed by atoms with Gasteiger partial charge in [0.15, 0.2) is 0 Å². The molecule has 0 aromatic carbocycles. The average molecular weight is 186 g/mol. The molecule has 0 amide bonds. The lowest BCUT2D eigenvalue weighted by molar-refractivity contribution is 0.739. The number of thiol groups is 1. The van der Waals surface area contributed by atoms with Gasteiger partial charge < -0.3 is 0 Å². The van der Waals surface area contributed by atoms with Crippen molar-refractivity contribution >= 4 is 24.4 Å². The Morgan fingerprint density at radius 2 is 2.64 bits per heavy atom. The molecule has 2 heteroatoms. The fraction of sp³-hybridized carbons (Fsp3) is 0.556. The molecule has 0 fully saturated rings. The van der Waals surface area contributed by atoms with E-state index in [2.05, 4.69) is 32.2 Å². The second kappa shape index (κ2) is 3.72. The SMILES string of the molecule is C=CC1(CCC)C=C(S)CS1. The van der Waals surface area contributed by atoms with Crippen LogP contribution < -0.4 is 0 Å². The predicted octanol–water partition coefficient (Wildman–Crippen LogP) is 3.27. The highest BCUT2D eigenvalue weighted by Gasteiger charge is 2.28. The predicted molar refractivity (Wildman–Crippen MR) is 57.4 cm³/mol. The zero-order valence-corrected chi connectivity index (χ0v) is 8.55. The van der Waals surface area contributed by atoms with E-state index in [-0.39, 0.29) is 4.75 Å². The minimum Gasteiger partial charge on any atom is -0.147 e. The molecule has 0 aromatic rings. The van der Waals surface area contributed by atoms with Crippen LogP contribution in [0.3, 0.4) is 0 Å². The van der Waals surface area contributed by atoms with E-state index in [1.165, 1.54) is 17.7 Å². The van der Waals surface area contributed by atoms with Crippen molar-refractivity contribution in [1.82, 2.24) is 0 Å². The van der Waals surface area contributed by atoms with Gasteiger partial charge in [0.1, 0.15) is 0 Å². The van der Waals surface area contributed by atoms with Gasteiger partial charge in [0.2, 0.25) is 0 Å². The molecule has 0 saturated heterocycles. The molecule has 1 heterocycles. The molecule has 0 nitrogen and oxygen atoms in total. The maximum atomic E-state index is 4.35. The van der Waals surface area contributed by atoms with Crippen LogP contribution in [0.5, 0.6) is 0 Å². The summed E-state index contributed by atoms with van der Waals surface area (Å²) in [6, 6.07) is 0. The Kier molecular flexibility index (Phi) is 3.14. The van der Waals surface area contributed by atoms with Crippen LogP contribution in [0.2, 0.25) is 0 Å². The van der Waals surface area contributed by atoms with E-state index >= 15 is 0 Å². The van der Waals surface area contributed by atoms with Crippen molar-refractivity contribution in [3.63, 3.8) is 0 Å². The minimum absolute atomic E-state index is 0.200. The van der Waals surface area contributed by atoms with Gasteiger partial charge in [-0.25, -0.2) is 0 Å². The summed E-state index contributed by atoms with van der Waals surface area (Å²) >= 11 is 6.28. The molecule has 1 atom stereocenters. The zero-order chi connectivity index (χ0) is 8.32. The number of rotatable bonds is 3. The molecule has 1 aliphatic heterocycles. The number of hydrogen-bond donors (Lipinski definition) is 1. The van der Waals surface area contributed by atoms with Gasteiger partial charge in [-0.1, -0.05) is 25.5 Å². The minimum atomic E-state index is 0.200. The van der Waals surface area contributed by atoms with Crippen molar-refractivity contribution in [3.05, 3.63) is 23.6 Å². The summed E-state index contributed by atoms with van der Waals surface area (Å²) in [5.41, 5.74) is 0. The third-order valence-corrected chi connectivity index (χ3v) is 3.87. The lowest BCUT2D eigenvalue weighted by Gasteiger charge is -2.20. The van der Waals surface area contributed by atoms with E-state index in [1.807, 2.05) is 17.8 Å². The number of hydrogen-bond acceptors (Lipinski definition) is 2. The first kappa shape index (κ1) is 9.27. The molecule has 0 saturated carbocycles. The van der Waals surface area contributed by atoms with E-state index in [0.29, 0.717) is 0 Å². The molecule has 1 aliphatic rings. The standard InChI is InChI=1S/C9H14S2/c1-3-5-9(4-2)6-8(10)7-11-9/h4,6,10H,2-3,5,7H2,1H3. The molecule has 0 bridgehead atoms. The first-order chi connectivity index (χ1) is 5.22. The van der Waals surface area contributed by atoms with Crippen molar-refractivity contribution in [2.24, 2.45) is 0 Å². The Morgan fingerprint density at radius 3 is 3.00 bits per heavy atom. The highest BCUT2D eigenvalue weighted by atomic mass is 32.2. The summed E-state index contributed by atoms with van der Waals surface area (Å²) in [5, 5.41) is 0. The van der Waals surface area contributed by atoms with Crippen molar-refractivity contribution in [3.8, 4) is 0 Å². The summed E-state index contributed by atoms with van der Waals surface area (Å²) in [6.07, 6.45) is 6.67. The lowest BCUT2D eigenvalue weighted by Crippen LogP contribution is -2.14. The maximum Gasteiger partial charge on any atom is 0.0530 e.